The smallest absolute Gasteiger partial charge is 0.0393 e. The average Bonchev–Trinajstić information content (AvgIpc) is 3.22. The largest absolute Gasteiger partial charge is 0.0979 e. The third kappa shape index (κ3) is 11.5. The fourth-order valence-electron chi connectivity index (χ4n) is 6.44. The highest BCUT2D eigenvalue weighted by Crippen LogP contribution is 2.39. The highest BCUT2D eigenvalue weighted by Gasteiger charge is 2.18. The monoisotopic (exact) mass is 882 g/mol. The number of hydrogen-bond donors (Lipinski definition) is 0. The van der Waals surface area contributed by atoms with E-state index in [0.29, 0.717) is 0 Å². The minimum absolute atomic E-state index is 0.809. The molecule has 0 saturated heterocycles. The molecule has 58 heavy (non-hydrogen) atoms. The molecule has 0 amide bonds. The van der Waals surface area contributed by atoms with Gasteiger partial charge in [0, 0.05) is 80.9 Å². The summed E-state index contributed by atoms with van der Waals surface area (Å²) in [5.74, 6) is 41.7. The van der Waals surface area contributed by atoms with E-state index in [-0.39, 0.29) is 0 Å². The second-order valence-electron chi connectivity index (χ2n) is 14.4. The van der Waals surface area contributed by atoms with E-state index < -0.39 is 0 Å². The van der Waals surface area contributed by atoms with Crippen LogP contribution in [0.2, 0.25) is 0 Å². The molecule has 0 aliphatic heterocycles. The Bertz CT molecular complexity index is 2500. The van der Waals surface area contributed by atoms with Gasteiger partial charge >= 0.3 is 0 Å². The number of fused-ring (bicyclic) bond motifs is 2. The molecular formula is C56H52Br2. The van der Waals surface area contributed by atoms with Gasteiger partial charge in [0.05, 0.1) is 0 Å². The van der Waals surface area contributed by atoms with Crippen LogP contribution in [0.25, 0.3) is 43.8 Å². The van der Waals surface area contributed by atoms with Gasteiger partial charge in [-0.25, -0.2) is 0 Å². The van der Waals surface area contributed by atoms with Crippen LogP contribution in [0.3, 0.4) is 0 Å². The molecule has 0 fully saturated rings. The Labute approximate surface area is 366 Å². The van der Waals surface area contributed by atoms with Crippen molar-refractivity contribution in [1.29, 1.82) is 0 Å². The summed E-state index contributed by atoms with van der Waals surface area (Å²) in [6, 6.07) is 22.3. The van der Waals surface area contributed by atoms with Crippen LogP contribution in [0.1, 0.15) is 152 Å². The number of rotatable bonds is 8. The van der Waals surface area contributed by atoms with Crippen molar-refractivity contribution in [2.75, 3.05) is 0 Å². The van der Waals surface area contributed by atoms with Crippen LogP contribution in [0.4, 0.5) is 0 Å². The number of benzene rings is 5. The fraction of sp³-hybridized carbons (Fsp3) is 0.321. The average molecular weight is 885 g/mol. The molecule has 290 valence electrons. The lowest BCUT2D eigenvalue weighted by Gasteiger charge is -2.16. The molecule has 0 radical (unpaired) electrons. The highest BCUT2D eigenvalue weighted by molar-refractivity contribution is 9.10. The fourth-order valence-corrected chi connectivity index (χ4v) is 7.36. The first-order chi connectivity index (χ1) is 28.3. The molecule has 0 spiro atoms. The van der Waals surface area contributed by atoms with E-state index >= 15 is 0 Å². The van der Waals surface area contributed by atoms with Crippen molar-refractivity contribution < 1.29 is 0 Å². The van der Waals surface area contributed by atoms with Crippen molar-refractivity contribution in [2.45, 2.75) is 119 Å². The summed E-state index contributed by atoms with van der Waals surface area (Å²) in [4.78, 5) is 0. The van der Waals surface area contributed by atoms with Crippen LogP contribution in [-0.2, 0) is 0 Å². The molecular weight excluding hydrogens is 832 g/mol. The van der Waals surface area contributed by atoms with Crippen LogP contribution in [0, 0.1) is 71.0 Å². The van der Waals surface area contributed by atoms with Crippen LogP contribution < -0.4 is 0 Å². The summed E-state index contributed by atoms with van der Waals surface area (Å²) < 4.78 is 1.98. The predicted molar refractivity (Wildman–Crippen MR) is 258 cm³/mol. The number of hydrogen-bond acceptors (Lipinski definition) is 0. The first kappa shape index (κ1) is 44.1. The van der Waals surface area contributed by atoms with E-state index in [9.17, 15) is 0 Å². The highest BCUT2D eigenvalue weighted by atomic mass is 79.9. The van der Waals surface area contributed by atoms with E-state index in [0.717, 1.165) is 163 Å². The van der Waals surface area contributed by atoms with E-state index in [1.807, 2.05) is 0 Å². The van der Waals surface area contributed by atoms with Gasteiger partial charge in [-0.05, 0) is 175 Å². The van der Waals surface area contributed by atoms with Gasteiger partial charge in [-0.15, -0.1) is 0 Å². The lowest BCUT2D eigenvalue weighted by atomic mass is 9.86. The zero-order chi connectivity index (χ0) is 41.3. The first-order valence-corrected chi connectivity index (χ1v) is 22.6. The van der Waals surface area contributed by atoms with Crippen molar-refractivity contribution in [1.82, 2.24) is 0 Å². The van der Waals surface area contributed by atoms with Gasteiger partial charge in [-0.3, -0.25) is 0 Å². The zero-order valence-electron chi connectivity index (χ0n) is 35.0. The molecule has 0 unspecified atom stereocenters. The van der Waals surface area contributed by atoms with Crippen molar-refractivity contribution >= 4 is 53.4 Å². The van der Waals surface area contributed by atoms with Crippen LogP contribution in [0.5, 0.6) is 0 Å². The Hall–Kier alpha value is -5.06. The minimum atomic E-state index is 0.809. The second kappa shape index (κ2) is 22.8. The van der Waals surface area contributed by atoms with Crippen molar-refractivity contribution in [3.63, 3.8) is 0 Å². The molecule has 0 aliphatic carbocycles. The summed E-state index contributed by atoms with van der Waals surface area (Å²) in [6.07, 6.45) is 11.1. The van der Waals surface area contributed by atoms with Crippen LogP contribution >= 0.6 is 31.9 Å². The zero-order valence-corrected chi connectivity index (χ0v) is 38.2. The molecule has 5 rings (SSSR count). The SMILES string of the molecule is CCCC#Cc1cc2cc(C#CCCC)c(-c3cc(C#CCCC)c(-c4cc5cc(Br)c(C#CCCC)cc5cc4C#CCCC)cc3C#CCCC)cc2cc1Br. The molecule has 0 aromatic heterocycles. The van der Waals surface area contributed by atoms with Crippen molar-refractivity contribution in [3.8, 4) is 93.3 Å². The Morgan fingerprint density at radius 1 is 0.293 bits per heavy atom. The van der Waals surface area contributed by atoms with Gasteiger partial charge in [0.15, 0.2) is 0 Å². The maximum Gasteiger partial charge on any atom is 0.0393 e. The van der Waals surface area contributed by atoms with Gasteiger partial charge in [-0.2, -0.15) is 0 Å². The topological polar surface area (TPSA) is 0 Å². The standard InChI is InChI=1S/C56H52Br2/c1-7-13-19-25-41-31-47-33-45(29-23-17-11-5)55(57)39-49(47)37-53(41)51-35-44(28-22-16-10-4)52(36-43(51)27-21-15-9-3)54-38-50-40-56(58)46(30-24-18-12-6)34-48(50)32-42(54)26-20-14-8-2/h31-40H,7-18H2,1-6H3. The molecule has 2 heteroatoms. The van der Waals surface area contributed by atoms with Crippen molar-refractivity contribution in [2.24, 2.45) is 0 Å². The number of unbranched alkanes of at least 4 members (excludes halogenated alkanes) is 6. The Balaban J connectivity index is 1.86. The van der Waals surface area contributed by atoms with E-state index in [1.165, 1.54) is 0 Å². The quantitative estimate of drug-likeness (QED) is 0.136. The molecule has 0 N–H and O–H groups in total. The molecule has 5 aromatic rings. The summed E-state index contributed by atoms with van der Waals surface area (Å²) in [5, 5.41) is 4.46. The van der Waals surface area contributed by atoms with Crippen LogP contribution in [0.15, 0.2) is 69.6 Å². The lowest BCUT2D eigenvalue weighted by Crippen LogP contribution is -1.97. The molecule has 0 nitrogen and oxygen atoms in total. The second-order valence-corrected chi connectivity index (χ2v) is 16.1. The number of halogens is 2. The third-order valence-corrected chi connectivity index (χ3v) is 10.8. The summed E-state index contributed by atoms with van der Waals surface area (Å²) in [6.45, 7) is 13.0. The van der Waals surface area contributed by atoms with Crippen LogP contribution in [-0.4, -0.2) is 0 Å². The molecule has 0 saturated carbocycles. The van der Waals surface area contributed by atoms with E-state index in [4.69, 9.17) is 0 Å². The van der Waals surface area contributed by atoms with Crippen molar-refractivity contribution in [3.05, 3.63) is 103 Å². The summed E-state index contributed by atoms with van der Waals surface area (Å²) in [7, 11) is 0. The maximum absolute atomic E-state index is 3.84. The van der Waals surface area contributed by atoms with Gasteiger partial charge in [-0.1, -0.05) is 113 Å². The molecule has 0 aliphatic rings. The summed E-state index contributed by atoms with van der Waals surface area (Å²) in [5.41, 5.74) is 10.0. The molecule has 0 heterocycles. The van der Waals surface area contributed by atoms with E-state index in [1.54, 1.807) is 0 Å². The third-order valence-electron chi connectivity index (χ3n) is 9.45. The molecule has 0 atom stereocenters. The normalized spacial score (nSPS) is 10.1. The molecule has 5 aromatic carbocycles. The summed E-state index contributed by atoms with van der Waals surface area (Å²) >= 11 is 7.67. The lowest BCUT2D eigenvalue weighted by molar-refractivity contribution is 0.983. The van der Waals surface area contributed by atoms with Gasteiger partial charge < -0.3 is 0 Å². The van der Waals surface area contributed by atoms with Gasteiger partial charge in [0.25, 0.3) is 0 Å². The van der Waals surface area contributed by atoms with Gasteiger partial charge in [0.1, 0.15) is 0 Å². The Kier molecular flexibility index (Phi) is 17.3. The molecule has 0 bridgehead atoms. The Morgan fingerprint density at radius 3 is 0.810 bits per heavy atom. The predicted octanol–water partition coefficient (Wildman–Crippen LogP) is 15.8. The van der Waals surface area contributed by atoms with Gasteiger partial charge in [0.2, 0.25) is 0 Å². The minimum Gasteiger partial charge on any atom is -0.0979 e. The maximum atomic E-state index is 3.84. The Morgan fingerprint density at radius 2 is 0.517 bits per heavy atom. The van der Waals surface area contributed by atoms with E-state index in [2.05, 4.69) is 205 Å². The first-order valence-electron chi connectivity index (χ1n) is 21.0.